The minimum absolute atomic E-state index is 0.000130. The van der Waals surface area contributed by atoms with E-state index in [-0.39, 0.29) is 20.8 Å². The summed E-state index contributed by atoms with van der Waals surface area (Å²) in [4.78, 5) is 0. The van der Waals surface area contributed by atoms with Crippen molar-refractivity contribution < 1.29 is 22.0 Å². The number of nitrogens with one attached hydrogen (secondary N) is 1. The van der Waals surface area contributed by atoms with E-state index in [0.29, 0.717) is 6.42 Å². The molecule has 0 aromatic carbocycles. The number of halogens is 7. The normalized spacial score (nSPS) is 14.7. The molecule has 1 atom stereocenters. The summed E-state index contributed by atoms with van der Waals surface area (Å²) < 4.78 is 64.3. The molecule has 0 spiro atoms. The van der Waals surface area contributed by atoms with Crippen LogP contribution in [0.15, 0.2) is 6.07 Å². The molecule has 110 valence electrons. The molecule has 1 heterocycles. The standard InChI is InChI=1S/C10H10Cl2F5NS/c1-2-3-18-7(9(13,14)10(15,16)17)5-4-6(11)19-8(5)12/h4,7,18H,2-3H2,1H3. The van der Waals surface area contributed by atoms with Gasteiger partial charge in [-0.3, -0.25) is 0 Å². The van der Waals surface area contributed by atoms with Crippen LogP contribution in [0.4, 0.5) is 22.0 Å². The lowest BCUT2D eigenvalue weighted by Crippen LogP contribution is -2.48. The van der Waals surface area contributed by atoms with Gasteiger partial charge in [-0.1, -0.05) is 30.1 Å². The highest BCUT2D eigenvalue weighted by Crippen LogP contribution is 2.48. The highest BCUT2D eigenvalue weighted by molar-refractivity contribution is 7.20. The predicted molar refractivity (Wildman–Crippen MR) is 66.4 cm³/mol. The number of alkyl halides is 5. The van der Waals surface area contributed by atoms with Crippen molar-refractivity contribution in [2.75, 3.05) is 6.54 Å². The Morgan fingerprint density at radius 2 is 1.84 bits per heavy atom. The molecule has 0 aliphatic rings. The molecule has 1 rings (SSSR count). The van der Waals surface area contributed by atoms with E-state index < -0.39 is 18.1 Å². The molecule has 1 nitrogen and oxygen atoms in total. The molecule has 0 bridgehead atoms. The van der Waals surface area contributed by atoms with Gasteiger partial charge in [0.2, 0.25) is 0 Å². The largest absolute Gasteiger partial charge is 0.455 e. The first kappa shape index (κ1) is 16.9. The lowest BCUT2D eigenvalue weighted by atomic mass is 10.0. The van der Waals surface area contributed by atoms with Gasteiger partial charge in [0.1, 0.15) is 6.04 Å². The third kappa shape index (κ3) is 3.71. The van der Waals surface area contributed by atoms with Gasteiger partial charge < -0.3 is 5.32 Å². The van der Waals surface area contributed by atoms with Crippen molar-refractivity contribution in [2.45, 2.75) is 31.5 Å². The number of thiophene rings is 1. The Kier molecular flexibility index (Phi) is 5.45. The summed E-state index contributed by atoms with van der Waals surface area (Å²) in [6, 6.07) is -1.22. The molecule has 1 unspecified atom stereocenters. The molecule has 1 aromatic heterocycles. The molecular formula is C10H10Cl2F5NS. The van der Waals surface area contributed by atoms with E-state index in [4.69, 9.17) is 23.2 Å². The zero-order valence-corrected chi connectivity index (χ0v) is 12.0. The van der Waals surface area contributed by atoms with E-state index in [9.17, 15) is 22.0 Å². The minimum atomic E-state index is -5.67. The average Bonchev–Trinajstić information content (AvgIpc) is 2.56. The molecule has 9 heteroatoms. The SMILES string of the molecule is CCCNC(c1cc(Cl)sc1Cl)C(F)(F)C(F)(F)F. The van der Waals surface area contributed by atoms with Crippen LogP contribution in [-0.4, -0.2) is 18.6 Å². The van der Waals surface area contributed by atoms with Crippen LogP contribution < -0.4 is 5.32 Å². The maximum Gasteiger partial charge on any atom is 0.455 e. The zero-order chi connectivity index (χ0) is 14.8. The van der Waals surface area contributed by atoms with Gasteiger partial charge in [-0.25, -0.2) is 0 Å². The average molecular weight is 342 g/mol. The first-order valence-corrected chi connectivity index (χ1v) is 6.81. The van der Waals surface area contributed by atoms with Crippen LogP contribution in [0.5, 0.6) is 0 Å². The fraction of sp³-hybridized carbons (Fsp3) is 0.600. The molecule has 0 aliphatic carbocycles. The molecule has 0 radical (unpaired) electrons. The van der Waals surface area contributed by atoms with Crippen LogP contribution in [0.25, 0.3) is 0 Å². The lowest BCUT2D eigenvalue weighted by Gasteiger charge is -2.29. The molecule has 1 N–H and O–H groups in total. The molecule has 0 aliphatic heterocycles. The van der Waals surface area contributed by atoms with Gasteiger partial charge in [0.15, 0.2) is 0 Å². The zero-order valence-electron chi connectivity index (χ0n) is 9.62. The summed E-state index contributed by atoms with van der Waals surface area (Å²) in [5.41, 5.74) is -0.340. The molecule has 0 amide bonds. The number of hydrogen-bond acceptors (Lipinski definition) is 2. The monoisotopic (exact) mass is 341 g/mol. The smallest absolute Gasteiger partial charge is 0.305 e. The summed E-state index contributed by atoms with van der Waals surface area (Å²) in [7, 11) is 0. The van der Waals surface area contributed by atoms with Crippen molar-refractivity contribution in [1.82, 2.24) is 5.32 Å². The highest BCUT2D eigenvalue weighted by Gasteiger charge is 2.63. The van der Waals surface area contributed by atoms with E-state index in [1.54, 1.807) is 6.92 Å². The van der Waals surface area contributed by atoms with Crippen molar-refractivity contribution in [3.63, 3.8) is 0 Å². The van der Waals surface area contributed by atoms with E-state index in [0.717, 1.165) is 17.4 Å². The van der Waals surface area contributed by atoms with Crippen LogP contribution >= 0.6 is 34.5 Å². The van der Waals surface area contributed by atoms with Gasteiger partial charge in [0.05, 0.1) is 8.67 Å². The van der Waals surface area contributed by atoms with Crippen molar-refractivity contribution in [1.29, 1.82) is 0 Å². The second-order valence-corrected chi connectivity index (χ2v) is 6.07. The third-order valence-corrected chi connectivity index (χ3v) is 3.85. The van der Waals surface area contributed by atoms with Crippen molar-refractivity contribution in [2.24, 2.45) is 0 Å². The van der Waals surface area contributed by atoms with Crippen molar-refractivity contribution in [3.8, 4) is 0 Å². The van der Waals surface area contributed by atoms with Crippen molar-refractivity contribution in [3.05, 3.63) is 20.3 Å². The molecule has 19 heavy (non-hydrogen) atoms. The second kappa shape index (κ2) is 6.11. The van der Waals surface area contributed by atoms with Gasteiger partial charge in [-0.2, -0.15) is 22.0 Å². The Labute approximate surface area is 120 Å². The Morgan fingerprint density at radius 3 is 2.21 bits per heavy atom. The van der Waals surface area contributed by atoms with Crippen LogP contribution in [0.2, 0.25) is 8.67 Å². The Morgan fingerprint density at radius 1 is 1.26 bits per heavy atom. The Balaban J connectivity index is 3.18. The summed E-state index contributed by atoms with van der Waals surface area (Å²) in [6.45, 7) is 1.65. The van der Waals surface area contributed by atoms with Crippen molar-refractivity contribution >= 4 is 34.5 Å². The molecular weight excluding hydrogens is 332 g/mol. The summed E-state index contributed by atoms with van der Waals surface area (Å²) in [5.74, 6) is -4.93. The number of hydrogen-bond donors (Lipinski definition) is 1. The van der Waals surface area contributed by atoms with Crippen LogP contribution in [0.3, 0.4) is 0 Å². The quantitative estimate of drug-likeness (QED) is 0.717. The first-order valence-electron chi connectivity index (χ1n) is 5.24. The Hall–Kier alpha value is -0.110. The van der Waals surface area contributed by atoms with Gasteiger partial charge in [-0.15, -0.1) is 11.3 Å². The molecule has 0 fully saturated rings. The fourth-order valence-electron chi connectivity index (χ4n) is 1.44. The second-order valence-electron chi connectivity index (χ2n) is 3.79. The van der Waals surface area contributed by atoms with Crippen LogP contribution in [-0.2, 0) is 0 Å². The van der Waals surface area contributed by atoms with E-state index >= 15 is 0 Å². The summed E-state index contributed by atoms with van der Waals surface area (Å²) in [5, 5.41) is 2.18. The maximum atomic E-state index is 13.5. The summed E-state index contributed by atoms with van der Waals surface area (Å²) >= 11 is 12.0. The maximum absolute atomic E-state index is 13.5. The summed E-state index contributed by atoms with van der Waals surface area (Å²) in [6.07, 6.45) is -5.27. The first-order chi connectivity index (χ1) is 8.61. The number of rotatable bonds is 5. The van der Waals surface area contributed by atoms with Crippen LogP contribution in [0, 0.1) is 0 Å². The topological polar surface area (TPSA) is 12.0 Å². The van der Waals surface area contributed by atoms with E-state index in [2.05, 4.69) is 5.32 Å². The van der Waals surface area contributed by atoms with Gasteiger partial charge >= 0.3 is 12.1 Å². The van der Waals surface area contributed by atoms with Gasteiger partial charge in [0, 0.05) is 5.56 Å². The fourth-order valence-corrected chi connectivity index (χ4v) is 2.97. The van der Waals surface area contributed by atoms with E-state index in [1.807, 2.05) is 0 Å². The highest BCUT2D eigenvalue weighted by atomic mass is 35.5. The predicted octanol–water partition coefficient (Wildman–Crippen LogP) is 5.29. The van der Waals surface area contributed by atoms with Gasteiger partial charge in [0.25, 0.3) is 0 Å². The lowest BCUT2D eigenvalue weighted by molar-refractivity contribution is -0.294. The molecule has 1 aromatic rings. The van der Waals surface area contributed by atoms with Gasteiger partial charge in [-0.05, 0) is 19.0 Å². The van der Waals surface area contributed by atoms with E-state index in [1.165, 1.54) is 0 Å². The minimum Gasteiger partial charge on any atom is -0.305 e. The van der Waals surface area contributed by atoms with Crippen LogP contribution in [0.1, 0.15) is 24.9 Å². The molecule has 0 saturated carbocycles. The Bertz CT molecular complexity index is 432. The molecule has 0 saturated heterocycles. The third-order valence-electron chi connectivity index (χ3n) is 2.33.